The number of nitrogens with one attached hydrogen (secondary N) is 2. The minimum atomic E-state index is -0.303. The van der Waals surface area contributed by atoms with E-state index in [0.29, 0.717) is 42.6 Å². The van der Waals surface area contributed by atoms with E-state index in [2.05, 4.69) is 80.6 Å². The molecule has 0 radical (unpaired) electrons. The zero-order valence-electron chi connectivity index (χ0n) is 32.6. The summed E-state index contributed by atoms with van der Waals surface area (Å²) in [5.41, 5.74) is 5.17. The Balaban J connectivity index is 0.000000190. The second-order valence-electron chi connectivity index (χ2n) is 15.6. The number of benzene rings is 4. The summed E-state index contributed by atoms with van der Waals surface area (Å²) in [6.07, 6.45) is 6.82. The fourth-order valence-electron chi connectivity index (χ4n) is 7.84. The molecule has 2 saturated heterocycles. The third-order valence-electron chi connectivity index (χ3n) is 11.0. The van der Waals surface area contributed by atoms with E-state index in [1.165, 1.54) is 53.8 Å². The molecule has 0 aromatic heterocycles. The summed E-state index contributed by atoms with van der Waals surface area (Å²) in [7, 11) is 2.18. The molecule has 0 unspecified atom stereocenters. The van der Waals surface area contributed by atoms with Crippen LogP contribution in [0.3, 0.4) is 0 Å². The first kappa shape index (κ1) is 41.4. The van der Waals surface area contributed by atoms with Gasteiger partial charge in [-0.15, -0.1) is 0 Å². The second kappa shape index (κ2) is 20.3. The Labute approximate surface area is 335 Å². The Morgan fingerprint density at radius 2 is 1.11 bits per heavy atom. The van der Waals surface area contributed by atoms with Crippen LogP contribution in [0.4, 0.5) is 20.2 Å². The molecule has 0 spiro atoms. The molecule has 1 saturated carbocycles. The number of carbonyl (C=O) groups is 2. The zero-order valence-corrected chi connectivity index (χ0v) is 33.4. The number of amides is 2. The molecule has 4 aromatic carbocycles. The van der Waals surface area contributed by atoms with E-state index < -0.39 is 0 Å². The van der Waals surface area contributed by atoms with Gasteiger partial charge >= 0.3 is 0 Å². The number of carbonyl (C=O) groups excluding carboxylic acids is 2. The molecule has 0 atom stereocenters. The van der Waals surface area contributed by atoms with Gasteiger partial charge in [-0.1, -0.05) is 53.6 Å². The molecule has 7 rings (SSSR count). The summed E-state index contributed by atoms with van der Waals surface area (Å²) in [4.78, 5) is 34.0. The van der Waals surface area contributed by atoms with E-state index in [4.69, 9.17) is 11.6 Å². The molecule has 2 N–H and O–H groups in total. The summed E-state index contributed by atoms with van der Waals surface area (Å²) in [6.45, 7) is 8.45. The molecule has 2 heterocycles. The van der Waals surface area contributed by atoms with Crippen molar-refractivity contribution >= 4 is 34.8 Å². The highest BCUT2D eigenvalue weighted by atomic mass is 35.5. The largest absolute Gasteiger partial charge is 0.325 e. The maximum absolute atomic E-state index is 13.0. The Morgan fingerprint density at radius 3 is 1.59 bits per heavy atom. The summed E-state index contributed by atoms with van der Waals surface area (Å²) in [6, 6.07) is 30.3. The molecule has 11 heteroatoms. The minimum Gasteiger partial charge on any atom is -0.325 e. The monoisotopic (exact) mass is 784 g/mol. The lowest BCUT2D eigenvalue weighted by Gasteiger charge is -2.38. The highest BCUT2D eigenvalue weighted by molar-refractivity contribution is 6.30. The van der Waals surface area contributed by atoms with Gasteiger partial charge in [0.15, 0.2) is 0 Å². The Kier molecular flexibility index (Phi) is 15.0. The van der Waals surface area contributed by atoms with Gasteiger partial charge < -0.3 is 10.6 Å². The molecule has 0 bridgehead atoms. The van der Waals surface area contributed by atoms with Crippen molar-refractivity contribution in [3.05, 3.63) is 130 Å². The van der Waals surface area contributed by atoms with E-state index in [9.17, 15) is 18.4 Å². The van der Waals surface area contributed by atoms with E-state index in [-0.39, 0.29) is 23.4 Å². The standard InChI is InChI=1S/C23H27ClFN3O.C22H28FN3O/c24-18-3-1-2-17(14-18)15-28(21-8-9-21)22-10-12-27(13-11-22)16-23(29)26-20-6-4-19(25)5-7-20;1-17-4-3-5-18(14-17)15-25(2)21-10-12-26(13-11-21)16-22(27)24-20-8-6-19(23)7-9-20/h1-7,14,21-22H,8-13,15-16H2,(H,26,29);3-9,14,21H,10-13,15-16H2,1-2H3,(H,24,27). The topological polar surface area (TPSA) is 71.2 Å². The van der Waals surface area contributed by atoms with Crippen LogP contribution in [-0.4, -0.2) is 95.9 Å². The van der Waals surface area contributed by atoms with Gasteiger partial charge in [0, 0.05) is 73.8 Å². The van der Waals surface area contributed by atoms with Gasteiger partial charge in [0.25, 0.3) is 0 Å². The number of rotatable bonds is 13. The predicted molar refractivity (Wildman–Crippen MR) is 222 cm³/mol. The van der Waals surface area contributed by atoms with Gasteiger partial charge in [0.05, 0.1) is 13.1 Å². The summed E-state index contributed by atoms with van der Waals surface area (Å²) >= 11 is 6.16. The number of likely N-dealkylation sites (tertiary alicyclic amines) is 2. The maximum atomic E-state index is 13.0. The Bertz CT molecular complexity index is 1860. The van der Waals surface area contributed by atoms with Crippen LogP contribution in [0.5, 0.6) is 0 Å². The van der Waals surface area contributed by atoms with Crippen LogP contribution in [0.2, 0.25) is 5.02 Å². The highest BCUT2D eigenvalue weighted by Gasteiger charge is 2.35. The predicted octanol–water partition coefficient (Wildman–Crippen LogP) is 8.22. The molecular weight excluding hydrogens is 730 g/mol. The lowest BCUT2D eigenvalue weighted by atomic mass is 10.0. The van der Waals surface area contributed by atoms with Gasteiger partial charge in [-0.25, -0.2) is 8.78 Å². The number of hydrogen-bond acceptors (Lipinski definition) is 6. The van der Waals surface area contributed by atoms with Gasteiger partial charge in [-0.3, -0.25) is 29.2 Å². The van der Waals surface area contributed by atoms with Crippen LogP contribution in [0, 0.1) is 18.6 Å². The number of anilines is 2. The molecule has 3 fully saturated rings. The smallest absolute Gasteiger partial charge is 0.238 e. The molecule has 8 nitrogen and oxygen atoms in total. The first-order valence-electron chi connectivity index (χ1n) is 19.9. The third kappa shape index (κ3) is 13.2. The molecule has 4 aromatic rings. The lowest BCUT2D eigenvalue weighted by molar-refractivity contribution is -0.118. The van der Waals surface area contributed by atoms with Crippen molar-refractivity contribution < 1.29 is 18.4 Å². The van der Waals surface area contributed by atoms with Crippen molar-refractivity contribution in [2.75, 3.05) is 56.9 Å². The van der Waals surface area contributed by atoms with Crippen molar-refractivity contribution in [1.29, 1.82) is 0 Å². The molecule has 3 aliphatic rings. The first-order valence-corrected chi connectivity index (χ1v) is 20.3. The van der Waals surface area contributed by atoms with Crippen molar-refractivity contribution in [3.63, 3.8) is 0 Å². The molecule has 1 aliphatic carbocycles. The summed E-state index contributed by atoms with van der Waals surface area (Å²) in [5.74, 6) is -0.700. The molecule has 56 heavy (non-hydrogen) atoms. The van der Waals surface area contributed by atoms with Crippen LogP contribution in [0.25, 0.3) is 0 Å². The quantitative estimate of drug-likeness (QED) is 0.143. The van der Waals surface area contributed by atoms with Crippen LogP contribution >= 0.6 is 11.6 Å². The van der Waals surface area contributed by atoms with Crippen LogP contribution in [-0.2, 0) is 22.7 Å². The van der Waals surface area contributed by atoms with Crippen molar-refractivity contribution in [2.24, 2.45) is 0 Å². The summed E-state index contributed by atoms with van der Waals surface area (Å²) < 4.78 is 25.9. The van der Waals surface area contributed by atoms with Crippen LogP contribution in [0.15, 0.2) is 97.1 Å². The van der Waals surface area contributed by atoms with Gasteiger partial charge in [-0.05, 0) is 124 Å². The number of hydrogen-bond donors (Lipinski definition) is 2. The van der Waals surface area contributed by atoms with Gasteiger partial charge in [0.1, 0.15) is 11.6 Å². The summed E-state index contributed by atoms with van der Waals surface area (Å²) in [5, 5.41) is 6.47. The molecule has 298 valence electrons. The number of aryl methyl sites for hydroxylation is 1. The second-order valence-corrected chi connectivity index (χ2v) is 16.0. The first-order chi connectivity index (χ1) is 27.1. The van der Waals surface area contributed by atoms with E-state index in [1.807, 2.05) is 12.1 Å². The molecule has 2 amide bonds. The van der Waals surface area contributed by atoms with Gasteiger partial charge in [-0.2, -0.15) is 0 Å². The lowest BCUT2D eigenvalue weighted by Crippen LogP contribution is -2.47. The van der Waals surface area contributed by atoms with Crippen LogP contribution in [0.1, 0.15) is 55.2 Å². The van der Waals surface area contributed by atoms with E-state index in [0.717, 1.165) is 70.0 Å². The average molecular weight is 785 g/mol. The number of piperidine rings is 2. The SMILES string of the molecule is Cc1cccc(CN(C)C2CCN(CC(=O)Nc3ccc(F)cc3)CC2)c1.O=C(CN1CCC(N(Cc2cccc(Cl)c2)C2CC2)CC1)Nc1ccc(F)cc1. The van der Waals surface area contributed by atoms with E-state index >= 15 is 0 Å². The number of nitrogens with zero attached hydrogens (tertiary/aromatic N) is 4. The molecule has 2 aliphatic heterocycles. The van der Waals surface area contributed by atoms with Crippen molar-refractivity contribution in [3.8, 4) is 0 Å². The normalized spacial score (nSPS) is 17.1. The van der Waals surface area contributed by atoms with Gasteiger partial charge in [0.2, 0.25) is 11.8 Å². The zero-order chi connectivity index (χ0) is 39.4. The maximum Gasteiger partial charge on any atom is 0.238 e. The van der Waals surface area contributed by atoms with Crippen LogP contribution < -0.4 is 10.6 Å². The third-order valence-corrected chi connectivity index (χ3v) is 11.2. The highest BCUT2D eigenvalue weighted by Crippen LogP contribution is 2.33. The fraction of sp³-hybridized carbons (Fsp3) is 0.422. The average Bonchev–Trinajstić information content (AvgIpc) is 4.03. The number of halogens is 3. The molecular formula is C45H55ClF2N6O2. The van der Waals surface area contributed by atoms with Crippen molar-refractivity contribution in [2.45, 2.75) is 76.7 Å². The Hall–Kier alpha value is -4.19. The minimum absolute atomic E-state index is 0.0480. The van der Waals surface area contributed by atoms with E-state index in [1.54, 1.807) is 24.3 Å². The fourth-order valence-corrected chi connectivity index (χ4v) is 8.05. The Morgan fingerprint density at radius 1 is 0.643 bits per heavy atom. The van der Waals surface area contributed by atoms with Crippen molar-refractivity contribution in [1.82, 2.24) is 19.6 Å².